The molecule has 1 saturated carbocycles. The fourth-order valence-electron chi connectivity index (χ4n) is 3.33. The number of hydrogen-bond acceptors (Lipinski definition) is 3. The van der Waals surface area contributed by atoms with Crippen LogP contribution < -0.4 is 0 Å². The Morgan fingerprint density at radius 2 is 1.75 bits per heavy atom. The molecule has 124 valence electrons. The van der Waals surface area contributed by atoms with Crippen molar-refractivity contribution in [3.63, 3.8) is 0 Å². The minimum absolute atomic E-state index is 0.128. The molecule has 2 aromatic rings. The minimum Gasteiger partial charge on any atom is -0.293 e. The quantitative estimate of drug-likeness (QED) is 0.465. The molecule has 2 aromatic carbocycles. The van der Waals surface area contributed by atoms with Gasteiger partial charge in [-0.1, -0.05) is 38.1 Å². The Labute approximate surface area is 143 Å². The molecule has 0 heterocycles. The first-order valence-corrected chi connectivity index (χ1v) is 8.66. The van der Waals surface area contributed by atoms with E-state index in [1.54, 1.807) is 24.3 Å². The number of carbonyl (C=O) groups excluding carboxylic acids is 1. The number of Topliss-reactive ketones (excluding diaryl/α,β-unsaturated/α-hetero) is 1. The number of carbonyl (C=O) groups is 1. The van der Waals surface area contributed by atoms with E-state index in [9.17, 15) is 9.70 Å². The zero-order valence-electron chi connectivity index (χ0n) is 14.2. The molecule has 0 radical (unpaired) electrons. The lowest BCUT2D eigenvalue weighted by molar-refractivity contribution is 0.0948. The number of nitrogens with zero attached hydrogens (tertiary/aromatic N) is 1. The first kappa shape index (κ1) is 16.6. The molecule has 24 heavy (non-hydrogen) atoms. The van der Waals surface area contributed by atoms with Gasteiger partial charge in [-0.25, -0.2) is 0 Å². The summed E-state index contributed by atoms with van der Waals surface area (Å²) in [5.74, 6) is 1.05. The topological polar surface area (TPSA) is 46.5 Å². The van der Waals surface area contributed by atoms with E-state index in [2.05, 4.69) is 37.2 Å². The third kappa shape index (κ3) is 3.61. The molecule has 3 nitrogen and oxygen atoms in total. The lowest BCUT2D eigenvalue weighted by Gasteiger charge is -2.21. The summed E-state index contributed by atoms with van der Waals surface area (Å²) in [4.78, 5) is 23.7. The van der Waals surface area contributed by atoms with Gasteiger partial charge in [-0.05, 0) is 71.7 Å². The highest BCUT2D eigenvalue weighted by Gasteiger charge is 2.31. The Morgan fingerprint density at radius 1 is 1.08 bits per heavy atom. The Balaban J connectivity index is 1.96. The second-order valence-electron chi connectivity index (χ2n) is 7.09. The van der Waals surface area contributed by atoms with E-state index in [1.165, 1.54) is 24.0 Å². The molecule has 0 bridgehead atoms. The van der Waals surface area contributed by atoms with Crippen molar-refractivity contribution in [3.05, 3.63) is 70.1 Å². The van der Waals surface area contributed by atoms with Crippen molar-refractivity contribution in [2.24, 2.45) is 11.1 Å². The number of ketones is 1. The first-order valence-electron chi connectivity index (χ1n) is 8.66. The van der Waals surface area contributed by atoms with Gasteiger partial charge in [0.15, 0.2) is 5.78 Å². The molecule has 1 atom stereocenters. The summed E-state index contributed by atoms with van der Waals surface area (Å²) in [6.07, 6.45) is 3.27. The average molecular weight is 321 g/mol. The maximum atomic E-state index is 13.2. The summed E-state index contributed by atoms with van der Waals surface area (Å²) >= 11 is 0. The average Bonchev–Trinajstić information content (AvgIpc) is 3.44. The van der Waals surface area contributed by atoms with Crippen LogP contribution in [-0.2, 0) is 0 Å². The van der Waals surface area contributed by atoms with E-state index in [0.717, 1.165) is 6.42 Å². The standard InChI is InChI=1S/C21H23NO2/c1-14(2)13-20(19-6-4-3-5-18(19)15-7-8-15)21(23)16-9-11-17(22-24)12-10-16/h3-6,9-12,14-15,20H,7-8,13H2,1-2H3. The molecule has 3 rings (SSSR count). The second-order valence-corrected chi connectivity index (χ2v) is 7.09. The molecule has 0 aliphatic heterocycles. The van der Waals surface area contributed by atoms with Crippen LogP contribution in [0.4, 0.5) is 5.69 Å². The molecule has 1 aliphatic carbocycles. The zero-order chi connectivity index (χ0) is 17.1. The van der Waals surface area contributed by atoms with Gasteiger partial charge in [0.25, 0.3) is 0 Å². The maximum Gasteiger partial charge on any atom is 0.170 e. The number of benzene rings is 2. The number of rotatable bonds is 7. The van der Waals surface area contributed by atoms with Crippen LogP contribution in [0, 0.1) is 10.8 Å². The monoisotopic (exact) mass is 321 g/mol. The third-order valence-electron chi connectivity index (χ3n) is 4.67. The van der Waals surface area contributed by atoms with Crippen LogP contribution in [0.25, 0.3) is 0 Å². The van der Waals surface area contributed by atoms with Gasteiger partial charge in [0.05, 0.1) is 0 Å². The van der Waals surface area contributed by atoms with Gasteiger partial charge in [0.1, 0.15) is 5.69 Å². The smallest absolute Gasteiger partial charge is 0.170 e. The van der Waals surface area contributed by atoms with Gasteiger partial charge in [-0.15, -0.1) is 4.91 Å². The van der Waals surface area contributed by atoms with Crippen LogP contribution in [0.2, 0.25) is 0 Å². The van der Waals surface area contributed by atoms with Crippen molar-refractivity contribution in [2.75, 3.05) is 0 Å². The summed E-state index contributed by atoms with van der Waals surface area (Å²) in [7, 11) is 0. The van der Waals surface area contributed by atoms with Crippen LogP contribution in [0.5, 0.6) is 0 Å². The minimum atomic E-state index is -0.128. The van der Waals surface area contributed by atoms with Crippen LogP contribution >= 0.6 is 0 Å². The van der Waals surface area contributed by atoms with E-state index in [-0.39, 0.29) is 11.7 Å². The Morgan fingerprint density at radius 3 is 2.33 bits per heavy atom. The molecule has 0 amide bonds. The predicted octanol–water partition coefficient (Wildman–Crippen LogP) is 5.97. The van der Waals surface area contributed by atoms with Gasteiger partial charge >= 0.3 is 0 Å². The van der Waals surface area contributed by atoms with E-state index in [0.29, 0.717) is 23.1 Å². The fourth-order valence-corrected chi connectivity index (χ4v) is 3.33. The molecule has 0 aromatic heterocycles. The van der Waals surface area contributed by atoms with E-state index < -0.39 is 0 Å². The van der Waals surface area contributed by atoms with Gasteiger partial charge in [0, 0.05) is 11.5 Å². The van der Waals surface area contributed by atoms with Crippen LogP contribution in [0.1, 0.15) is 66.4 Å². The van der Waals surface area contributed by atoms with E-state index >= 15 is 0 Å². The Kier molecular flexibility index (Phi) is 4.89. The van der Waals surface area contributed by atoms with Crippen molar-refractivity contribution in [1.82, 2.24) is 0 Å². The van der Waals surface area contributed by atoms with Gasteiger partial charge in [0.2, 0.25) is 0 Å². The summed E-state index contributed by atoms with van der Waals surface area (Å²) < 4.78 is 0. The number of hydrogen-bond donors (Lipinski definition) is 0. The zero-order valence-corrected chi connectivity index (χ0v) is 14.2. The van der Waals surface area contributed by atoms with Crippen molar-refractivity contribution in [3.8, 4) is 0 Å². The molecule has 1 aliphatic rings. The highest BCUT2D eigenvalue weighted by Crippen LogP contribution is 2.44. The first-order chi connectivity index (χ1) is 11.6. The highest BCUT2D eigenvalue weighted by molar-refractivity contribution is 6.01. The Bertz CT molecular complexity index is 730. The van der Waals surface area contributed by atoms with Gasteiger partial charge < -0.3 is 0 Å². The summed E-state index contributed by atoms with van der Waals surface area (Å²) in [6, 6.07) is 15.0. The number of nitroso groups, excluding NO2 is 1. The summed E-state index contributed by atoms with van der Waals surface area (Å²) in [6.45, 7) is 4.30. The fraction of sp³-hybridized carbons (Fsp3) is 0.381. The normalized spacial score (nSPS) is 15.3. The Hall–Kier alpha value is -2.29. The van der Waals surface area contributed by atoms with E-state index in [4.69, 9.17) is 0 Å². The van der Waals surface area contributed by atoms with Crippen molar-refractivity contribution < 1.29 is 4.79 Å². The lowest BCUT2D eigenvalue weighted by atomic mass is 9.81. The molecule has 3 heteroatoms. The molecule has 0 N–H and O–H groups in total. The van der Waals surface area contributed by atoms with Crippen molar-refractivity contribution in [2.45, 2.75) is 44.9 Å². The highest BCUT2D eigenvalue weighted by atomic mass is 16.3. The molecular weight excluding hydrogens is 298 g/mol. The van der Waals surface area contributed by atoms with Crippen LogP contribution in [-0.4, -0.2) is 5.78 Å². The molecule has 0 saturated heterocycles. The molecule has 1 unspecified atom stereocenters. The molecule has 0 spiro atoms. The summed E-state index contributed by atoms with van der Waals surface area (Å²) in [5.41, 5.74) is 3.52. The van der Waals surface area contributed by atoms with Crippen molar-refractivity contribution in [1.29, 1.82) is 0 Å². The predicted molar refractivity (Wildman–Crippen MR) is 96.8 cm³/mol. The van der Waals surface area contributed by atoms with Crippen LogP contribution in [0.15, 0.2) is 53.7 Å². The van der Waals surface area contributed by atoms with Crippen molar-refractivity contribution >= 4 is 11.5 Å². The SMILES string of the molecule is CC(C)CC(C(=O)c1ccc(N=O)cc1)c1ccccc1C1CC1. The van der Waals surface area contributed by atoms with Gasteiger partial charge in [-0.2, -0.15) is 0 Å². The molecule has 1 fully saturated rings. The molecular formula is C21H23NO2. The van der Waals surface area contributed by atoms with Crippen LogP contribution in [0.3, 0.4) is 0 Å². The second kappa shape index (κ2) is 7.08. The summed E-state index contributed by atoms with van der Waals surface area (Å²) in [5, 5.41) is 2.91. The largest absolute Gasteiger partial charge is 0.293 e. The van der Waals surface area contributed by atoms with Gasteiger partial charge in [-0.3, -0.25) is 4.79 Å². The third-order valence-corrected chi connectivity index (χ3v) is 4.67. The van der Waals surface area contributed by atoms with E-state index in [1.807, 2.05) is 6.07 Å². The maximum absolute atomic E-state index is 13.2. The lowest BCUT2D eigenvalue weighted by Crippen LogP contribution is -2.17.